The van der Waals surface area contributed by atoms with Crippen LogP contribution in [-0.2, 0) is 0 Å². The first-order chi connectivity index (χ1) is 28.7. The smallest absolute Gasteiger partial charge is 0.143 e. The lowest BCUT2D eigenvalue weighted by Gasteiger charge is -2.26. The molecule has 1 aromatic heterocycles. The third-order valence-corrected chi connectivity index (χ3v) is 11.5. The highest BCUT2D eigenvalue weighted by Gasteiger charge is 2.21. The Morgan fingerprint density at radius 2 is 0.862 bits per heavy atom. The first kappa shape index (κ1) is 33.6. The molecule has 272 valence electrons. The third-order valence-electron chi connectivity index (χ3n) is 11.5. The van der Waals surface area contributed by atoms with E-state index in [1.54, 1.807) is 0 Å². The average Bonchev–Trinajstić information content (AvgIpc) is 3.70. The zero-order chi connectivity index (χ0) is 38.4. The maximum atomic E-state index is 6.68. The van der Waals surface area contributed by atoms with Gasteiger partial charge in [-0.2, -0.15) is 0 Å². The third kappa shape index (κ3) is 5.91. The molecule has 0 aliphatic heterocycles. The topological polar surface area (TPSA) is 16.4 Å². The summed E-state index contributed by atoms with van der Waals surface area (Å²) in [6, 6.07) is 80.6. The van der Waals surface area contributed by atoms with Crippen molar-refractivity contribution in [3.63, 3.8) is 0 Å². The molecule has 2 nitrogen and oxygen atoms in total. The van der Waals surface area contributed by atoms with E-state index < -0.39 is 0 Å². The van der Waals surface area contributed by atoms with Crippen LogP contribution in [0.1, 0.15) is 0 Å². The SMILES string of the molecule is c1ccc(-c2ccc(-c3ccc(N(c4ccc(-c5ccc6ccccc6c5)cc4)c4cccc5oc6c7ccccc7ccc6c45)cc3)cc2-c2ccccc2)cc1. The Morgan fingerprint density at radius 1 is 0.310 bits per heavy atom. The Hall–Kier alpha value is -7.68. The van der Waals surface area contributed by atoms with Gasteiger partial charge in [0.1, 0.15) is 11.2 Å². The quantitative estimate of drug-likeness (QED) is 0.162. The van der Waals surface area contributed by atoms with Gasteiger partial charge >= 0.3 is 0 Å². The van der Waals surface area contributed by atoms with Crippen molar-refractivity contribution in [2.24, 2.45) is 0 Å². The Kier molecular flexibility index (Phi) is 8.19. The zero-order valence-corrected chi connectivity index (χ0v) is 31.7. The van der Waals surface area contributed by atoms with Crippen LogP contribution in [0.2, 0.25) is 0 Å². The van der Waals surface area contributed by atoms with E-state index >= 15 is 0 Å². The van der Waals surface area contributed by atoms with E-state index in [0.717, 1.165) is 50.0 Å². The number of rotatable bonds is 7. The van der Waals surface area contributed by atoms with E-state index in [1.165, 1.54) is 55.1 Å². The lowest BCUT2D eigenvalue weighted by molar-refractivity contribution is 0.672. The average molecular weight is 740 g/mol. The number of hydrogen-bond acceptors (Lipinski definition) is 2. The van der Waals surface area contributed by atoms with Crippen molar-refractivity contribution in [2.75, 3.05) is 4.90 Å². The van der Waals surface area contributed by atoms with Crippen molar-refractivity contribution in [2.45, 2.75) is 0 Å². The summed E-state index contributed by atoms with van der Waals surface area (Å²) in [6.45, 7) is 0. The molecule has 0 unspecified atom stereocenters. The summed E-state index contributed by atoms with van der Waals surface area (Å²) in [5.74, 6) is 0. The molecule has 10 aromatic carbocycles. The molecule has 0 aliphatic rings. The van der Waals surface area contributed by atoms with Crippen molar-refractivity contribution in [1.29, 1.82) is 0 Å². The molecule has 0 bridgehead atoms. The van der Waals surface area contributed by atoms with Gasteiger partial charge in [-0.05, 0) is 115 Å². The van der Waals surface area contributed by atoms with Crippen LogP contribution in [0, 0.1) is 0 Å². The number of nitrogens with zero attached hydrogens (tertiary/aromatic N) is 1. The van der Waals surface area contributed by atoms with Gasteiger partial charge in [0.15, 0.2) is 0 Å². The Bertz CT molecular complexity index is 3250. The fourth-order valence-corrected chi connectivity index (χ4v) is 8.57. The van der Waals surface area contributed by atoms with Gasteiger partial charge < -0.3 is 9.32 Å². The normalized spacial score (nSPS) is 11.4. The monoisotopic (exact) mass is 739 g/mol. The van der Waals surface area contributed by atoms with Gasteiger partial charge in [0.05, 0.1) is 11.1 Å². The maximum Gasteiger partial charge on any atom is 0.143 e. The van der Waals surface area contributed by atoms with E-state index in [0.29, 0.717) is 0 Å². The second-order valence-electron chi connectivity index (χ2n) is 14.9. The second-order valence-corrected chi connectivity index (χ2v) is 14.9. The number of fused-ring (bicyclic) bond motifs is 6. The molecule has 0 spiro atoms. The zero-order valence-electron chi connectivity index (χ0n) is 31.7. The summed E-state index contributed by atoms with van der Waals surface area (Å²) in [4.78, 5) is 2.37. The number of benzene rings is 10. The van der Waals surface area contributed by atoms with E-state index in [4.69, 9.17) is 4.42 Å². The number of furan rings is 1. The van der Waals surface area contributed by atoms with E-state index in [-0.39, 0.29) is 0 Å². The van der Waals surface area contributed by atoms with Crippen LogP contribution < -0.4 is 4.90 Å². The highest BCUT2D eigenvalue weighted by atomic mass is 16.3. The van der Waals surface area contributed by atoms with Gasteiger partial charge in [-0.25, -0.2) is 0 Å². The van der Waals surface area contributed by atoms with Crippen LogP contribution in [0.4, 0.5) is 17.1 Å². The highest BCUT2D eigenvalue weighted by molar-refractivity contribution is 6.19. The molecule has 0 aliphatic carbocycles. The van der Waals surface area contributed by atoms with E-state index in [2.05, 4.69) is 229 Å². The molecule has 58 heavy (non-hydrogen) atoms. The molecule has 1 heterocycles. The minimum Gasteiger partial charge on any atom is -0.455 e. The van der Waals surface area contributed by atoms with Crippen LogP contribution in [-0.4, -0.2) is 0 Å². The molecule has 0 N–H and O–H groups in total. The standard InChI is InChI=1S/C56H37NO/c1-3-13-41(14-4-1)49-34-29-46(37-52(49)42-15-5-2-6-16-42)40-26-32-48(33-27-40)57(47-30-24-39(25-31-47)45-23-22-38-12-7-8-18-44(38)36-45)53-20-11-21-54-55(53)51-35-28-43-17-9-10-19-50(43)56(51)58-54/h1-37H. The van der Waals surface area contributed by atoms with Gasteiger partial charge in [-0.15, -0.1) is 0 Å². The Balaban J connectivity index is 1.05. The summed E-state index contributed by atoms with van der Waals surface area (Å²) in [5, 5.41) is 6.96. The van der Waals surface area contributed by atoms with Crippen molar-refractivity contribution in [3.8, 4) is 44.5 Å². The lowest BCUT2D eigenvalue weighted by Crippen LogP contribution is -2.10. The van der Waals surface area contributed by atoms with Crippen molar-refractivity contribution >= 4 is 60.5 Å². The molecule has 0 fully saturated rings. The summed E-state index contributed by atoms with van der Waals surface area (Å²) in [7, 11) is 0. The van der Waals surface area contributed by atoms with E-state index in [9.17, 15) is 0 Å². The van der Waals surface area contributed by atoms with Crippen LogP contribution in [0.5, 0.6) is 0 Å². The molecule has 0 saturated carbocycles. The number of anilines is 3. The second kappa shape index (κ2) is 14.1. The van der Waals surface area contributed by atoms with Crippen LogP contribution in [0.15, 0.2) is 229 Å². The maximum absolute atomic E-state index is 6.68. The predicted molar refractivity (Wildman–Crippen MR) is 245 cm³/mol. The minimum atomic E-state index is 0.866. The minimum absolute atomic E-state index is 0.866. The molecular weight excluding hydrogens is 703 g/mol. The molecular formula is C56H37NO. The Morgan fingerprint density at radius 3 is 1.57 bits per heavy atom. The largest absolute Gasteiger partial charge is 0.455 e. The summed E-state index contributed by atoms with van der Waals surface area (Å²) in [6.07, 6.45) is 0. The van der Waals surface area contributed by atoms with Gasteiger partial charge in [0.2, 0.25) is 0 Å². The van der Waals surface area contributed by atoms with Crippen molar-refractivity contribution in [1.82, 2.24) is 0 Å². The fourth-order valence-electron chi connectivity index (χ4n) is 8.57. The molecule has 0 atom stereocenters. The molecule has 0 amide bonds. The molecule has 11 rings (SSSR count). The van der Waals surface area contributed by atoms with Crippen molar-refractivity contribution in [3.05, 3.63) is 224 Å². The number of hydrogen-bond donors (Lipinski definition) is 0. The molecule has 11 aromatic rings. The predicted octanol–water partition coefficient (Wildman–Crippen LogP) is 16.0. The lowest BCUT2D eigenvalue weighted by atomic mass is 9.91. The van der Waals surface area contributed by atoms with Gasteiger partial charge in [-0.3, -0.25) is 0 Å². The van der Waals surface area contributed by atoms with Gasteiger partial charge in [0.25, 0.3) is 0 Å². The first-order valence-electron chi connectivity index (χ1n) is 19.8. The summed E-state index contributed by atoms with van der Waals surface area (Å²) < 4.78 is 6.68. The molecule has 0 saturated heterocycles. The van der Waals surface area contributed by atoms with Gasteiger partial charge in [-0.1, -0.05) is 170 Å². The molecule has 2 heteroatoms. The molecule has 0 radical (unpaired) electrons. The summed E-state index contributed by atoms with van der Waals surface area (Å²) in [5.41, 5.74) is 14.5. The highest BCUT2D eigenvalue weighted by Crippen LogP contribution is 2.45. The summed E-state index contributed by atoms with van der Waals surface area (Å²) >= 11 is 0. The first-order valence-corrected chi connectivity index (χ1v) is 19.8. The van der Waals surface area contributed by atoms with Crippen molar-refractivity contribution < 1.29 is 4.42 Å². The van der Waals surface area contributed by atoms with Gasteiger partial charge in [0, 0.05) is 22.1 Å². The fraction of sp³-hybridized carbons (Fsp3) is 0. The van der Waals surface area contributed by atoms with E-state index in [1.807, 2.05) is 0 Å². The van der Waals surface area contributed by atoms with Crippen LogP contribution >= 0.6 is 0 Å². The van der Waals surface area contributed by atoms with Crippen LogP contribution in [0.3, 0.4) is 0 Å². The van der Waals surface area contributed by atoms with Crippen LogP contribution in [0.25, 0.3) is 88.0 Å². The Labute approximate surface area is 337 Å².